The van der Waals surface area contributed by atoms with Gasteiger partial charge in [-0.1, -0.05) is 46.5 Å². The molecular weight excluding hydrogens is 258 g/mol. The van der Waals surface area contributed by atoms with E-state index in [2.05, 4.69) is 13.8 Å². The van der Waals surface area contributed by atoms with Gasteiger partial charge in [-0.2, -0.15) is 26.3 Å². The van der Waals surface area contributed by atoms with Crippen LogP contribution < -0.4 is 0 Å². The summed E-state index contributed by atoms with van der Waals surface area (Å²) < 4.78 is 70.8. The van der Waals surface area contributed by atoms with Gasteiger partial charge in [0.15, 0.2) is 0 Å². The van der Waals surface area contributed by atoms with E-state index >= 15 is 0 Å². The van der Waals surface area contributed by atoms with Crippen LogP contribution in [0.3, 0.4) is 0 Å². The van der Waals surface area contributed by atoms with Gasteiger partial charge < -0.3 is 0 Å². The highest BCUT2D eigenvalue weighted by Crippen LogP contribution is 2.38. The fourth-order valence-electron chi connectivity index (χ4n) is 1.36. The first-order chi connectivity index (χ1) is 8.08. The molecule has 0 aliphatic heterocycles. The molecule has 1 unspecified atom stereocenters. The summed E-state index contributed by atoms with van der Waals surface area (Å²) in [7, 11) is 0. The van der Waals surface area contributed by atoms with Crippen LogP contribution in [0, 0.1) is 5.92 Å². The van der Waals surface area contributed by atoms with Crippen molar-refractivity contribution in [3.8, 4) is 0 Å². The Morgan fingerprint density at radius 1 is 0.778 bits per heavy atom. The first-order valence-corrected chi connectivity index (χ1v) is 6.21. The molecule has 0 aromatic rings. The van der Waals surface area contributed by atoms with Gasteiger partial charge in [-0.05, 0) is 6.42 Å². The van der Waals surface area contributed by atoms with Gasteiger partial charge in [-0.25, -0.2) is 0 Å². The number of rotatable bonds is 5. The van der Waals surface area contributed by atoms with Crippen LogP contribution in [0.5, 0.6) is 0 Å². The second-order valence-electron chi connectivity index (χ2n) is 4.20. The minimum Gasteiger partial charge on any atom is -0.171 e. The molecular formula is C12H22F6. The van der Waals surface area contributed by atoms with Gasteiger partial charge >= 0.3 is 12.4 Å². The van der Waals surface area contributed by atoms with Gasteiger partial charge in [-0.3, -0.25) is 0 Å². The lowest BCUT2D eigenvalue weighted by atomic mass is 9.99. The molecule has 0 aromatic heterocycles. The summed E-state index contributed by atoms with van der Waals surface area (Å²) in [5.74, 6) is -2.25. The van der Waals surface area contributed by atoms with Crippen molar-refractivity contribution in [3.63, 3.8) is 0 Å². The Hall–Kier alpha value is -0.420. The van der Waals surface area contributed by atoms with Crippen LogP contribution in [0.15, 0.2) is 0 Å². The van der Waals surface area contributed by atoms with Crippen LogP contribution in [0.1, 0.15) is 59.3 Å². The molecule has 0 heterocycles. The molecule has 0 aromatic carbocycles. The predicted molar refractivity (Wildman–Crippen MR) is 60.3 cm³/mol. The molecule has 0 bridgehead atoms. The molecule has 0 aliphatic carbocycles. The molecule has 18 heavy (non-hydrogen) atoms. The largest absolute Gasteiger partial charge is 0.392 e. The third kappa shape index (κ3) is 13.6. The highest BCUT2D eigenvalue weighted by atomic mass is 19.4. The van der Waals surface area contributed by atoms with Crippen molar-refractivity contribution in [2.75, 3.05) is 0 Å². The maximum atomic E-state index is 11.9. The van der Waals surface area contributed by atoms with Gasteiger partial charge in [0.2, 0.25) is 0 Å². The van der Waals surface area contributed by atoms with Crippen LogP contribution in [0.2, 0.25) is 0 Å². The number of alkyl halides is 6. The highest BCUT2D eigenvalue weighted by molar-refractivity contribution is 4.70. The predicted octanol–water partition coefficient (Wildman–Crippen LogP) is 6.11. The zero-order valence-corrected chi connectivity index (χ0v) is 11.1. The minimum absolute atomic E-state index is 0.0975. The highest BCUT2D eigenvalue weighted by Gasteiger charge is 2.45. The molecule has 0 saturated heterocycles. The lowest BCUT2D eigenvalue weighted by Gasteiger charge is -2.20. The maximum Gasteiger partial charge on any atom is 0.392 e. The van der Waals surface area contributed by atoms with Crippen molar-refractivity contribution in [3.05, 3.63) is 0 Å². The van der Waals surface area contributed by atoms with Crippen molar-refractivity contribution < 1.29 is 26.3 Å². The van der Waals surface area contributed by atoms with Crippen molar-refractivity contribution in [2.45, 2.75) is 71.6 Å². The SMILES string of the molecule is CCCC(CC(F)(F)F)C(F)(F)F.CCCCC. The Balaban J connectivity index is 0. The number of unbranched alkanes of at least 4 members (excludes halogenated alkanes) is 2. The summed E-state index contributed by atoms with van der Waals surface area (Å²) in [6, 6.07) is 0. The number of hydrogen-bond acceptors (Lipinski definition) is 0. The molecule has 0 radical (unpaired) electrons. The van der Waals surface area contributed by atoms with Crippen molar-refractivity contribution in [1.29, 1.82) is 0 Å². The first-order valence-electron chi connectivity index (χ1n) is 6.21. The zero-order chi connectivity index (χ0) is 14.8. The molecule has 6 heteroatoms. The lowest BCUT2D eigenvalue weighted by molar-refractivity contribution is -0.220. The molecule has 1 atom stereocenters. The van der Waals surface area contributed by atoms with Gasteiger partial charge in [0.1, 0.15) is 0 Å². The van der Waals surface area contributed by atoms with E-state index in [1.807, 2.05) is 0 Å². The standard InChI is InChI=1S/C7H10F6.C5H12/c1-2-3-5(7(11,12)13)4-6(8,9)10;1-3-5-4-2/h5H,2-4H2,1H3;3-5H2,1-2H3. The van der Waals surface area contributed by atoms with Crippen LogP contribution in [-0.4, -0.2) is 12.4 Å². The third-order valence-electron chi connectivity index (χ3n) is 2.29. The van der Waals surface area contributed by atoms with Gasteiger partial charge in [0.05, 0.1) is 12.3 Å². The van der Waals surface area contributed by atoms with Gasteiger partial charge in [0, 0.05) is 0 Å². The van der Waals surface area contributed by atoms with Crippen LogP contribution in [0.4, 0.5) is 26.3 Å². The second-order valence-corrected chi connectivity index (χ2v) is 4.20. The van der Waals surface area contributed by atoms with Crippen molar-refractivity contribution in [1.82, 2.24) is 0 Å². The zero-order valence-electron chi connectivity index (χ0n) is 11.1. The molecule has 0 aliphatic rings. The van der Waals surface area contributed by atoms with Crippen LogP contribution in [0.25, 0.3) is 0 Å². The van der Waals surface area contributed by atoms with E-state index in [0.29, 0.717) is 0 Å². The molecule has 0 saturated carbocycles. The lowest BCUT2D eigenvalue weighted by Crippen LogP contribution is -2.28. The summed E-state index contributed by atoms with van der Waals surface area (Å²) in [5.41, 5.74) is 0. The van der Waals surface area contributed by atoms with Crippen molar-refractivity contribution >= 4 is 0 Å². The third-order valence-corrected chi connectivity index (χ3v) is 2.29. The summed E-state index contributed by atoms with van der Waals surface area (Å²) >= 11 is 0. The van der Waals surface area contributed by atoms with E-state index in [0.717, 1.165) is 0 Å². The van der Waals surface area contributed by atoms with Gasteiger partial charge in [-0.15, -0.1) is 0 Å². The Morgan fingerprint density at radius 3 is 1.39 bits per heavy atom. The smallest absolute Gasteiger partial charge is 0.171 e. The van der Waals surface area contributed by atoms with Crippen LogP contribution in [-0.2, 0) is 0 Å². The van der Waals surface area contributed by atoms with E-state index in [-0.39, 0.29) is 6.42 Å². The Kier molecular flexibility index (Phi) is 10.5. The van der Waals surface area contributed by atoms with E-state index < -0.39 is 31.1 Å². The summed E-state index contributed by atoms with van der Waals surface area (Å²) in [6.07, 6.45) is -7.55. The molecule has 0 fully saturated rings. The summed E-state index contributed by atoms with van der Waals surface area (Å²) in [6.45, 7) is 5.85. The maximum absolute atomic E-state index is 11.9. The number of hydrogen-bond donors (Lipinski definition) is 0. The number of halogens is 6. The quantitative estimate of drug-likeness (QED) is 0.533. The Bertz CT molecular complexity index is 180. The summed E-state index contributed by atoms with van der Waals surface area (Å²) in [4.78, 5) is 0. The average molecular weight is 280 g/mol. The fraction of sp³-hybridized carbons (Fsp3) is 1.00. The van der Waals surface area contributed by atoms with E-state index in [4.69, 9.17) is 0 Å². The molecule has 112 valence electrons. The average Bonchev–Trinajstić information content (AvgIpc) is 2.16. The molecule has 0 spiro atoms. The topological polar surface area (TPSA) is 0 Å². The van der Waals surface area contributed by atoms with Gasteiger partial charge in [0.25, 0.3) is 0 Å². The second kappa shape index (κ2) is 9.50. The molecule has 0 nitrogen and oxygen atoms in total. The minimum atomic E-state index is -4.74. The molecule has 0 rings (SSSR count). The fourth-order valence-corrected chi connectivity index (χ4v) is 1.36. The summed E-state index contributed by atoms with van der Waals surface area (Å²) in [5, 5.41) is 0. The molecule has 0 N–H and O–H groups in total. The Morgan fingerprint density at radius 2 is 1.22 bits per heavy atom. The monoisotopic (exact) mass is 280 g/mol. The first kappa shape index (κ1) is 19.9. The normalized spacial score (nSPS) is 13.8. The molecule has 0 amide bonds. The van der Waals surface area contributed by atoms with E-state index in [1.165, 1.54) is 26.2 Å². The Labute approximate surface area is 105 Å². The van der Waals surface area contributed by atoms with E-state index in [9.17, 15) is 26.3 Å². The van der Waals surface area contributed by atoms with Crippen LogP contribution >= 0.6 is 0 Å². The van der Waals surface area contributed by atoms with E-state index in [1.54, 1.807) is 0 Å². The van der Waals surface area contributed by atoms with Crippen molar-refractivity contribution in [2.24, 2.45) is 5.92 Å².